The van der Waals surface area contributed by atoms with Gasteiger partial charge in [-0.3, -0.25) is 9.59 Å². The second-order valence-corrected chi connectivity index (χ2v) is 6.39. The summed E-state index contributed by atoms with van der Waals surface area (Å²) in [6, 6.07) is 15.8. The van der Waals surface area contributed by atoms with E-state index in [4.69, 9.17) is 0 Å². The summed E-state index contributed by atoms with van der Waals surface area (Å²) in [6.45, 7) is 0.513. The average Bonchev–Trinajstić information content (AvgIpc) is 2.66. The maximum absolute atomic E-state index is 13.2. The molecule has 0 atom stereocenters. The van der Waals surface area contributed by atoms with Crippen LogP contribution in [0.5, 0.6) is 0 Å². The Bertz CT molecular complexity index is 766. The molecule has 6 heteroatoms. The Hall–Kier alpha value is -2.76. The number of likely N-dealkylation sites (tertiary alicyclic amines) is 1. The molecule has 1 aliphatic rings. The molecule has 2 aromatic rings. The molecule has 1 fully saturated rings. The standard InChI is InChI=1S/C20H20F2N2O2/c21-20(22)10-12-24(13-11-20)19(26)17-8-6-16(7-9-17)18(25)23-14-15-4-2-1-3-5-15/h1-9H,10-14H2,(H,23,25). The third-order valence-electron chi connectivity index (χ3n) is 4.47. The SMILES string of the molecule is O=C(NCc1ccccc1)c1ccc(C(=O)N2CCC(F)(F)CC2)cc1. The molecule has 1 saturated heterocycles. The fourth-order valence-corrected chi connectivity index (χ4v) is 2.86. The van der Waals surface area contributed by atoms with Gasteiger partial charge in [0, 0.05) is 43.6 Å². The van der Waals surface area contributed by atoms with Gasteiger partial charge >= 0.3 is 0 Å². The molecule has 4 nitrogen and oxygen atoms in total. The highest BCUT2D eigenvalue weighted by Gasteiger charge is 2.35. The molecule has 1 heterocycles. The van der Waals surface area contributed by atoms with Crippen LogP contribution in [0.15, 0.2) is 54.6 Å². The molecular formula is C20H20F2N2O2. The molecule has 0 aliphatic carbocycles. The van der Waals surface area contributed by atoms with Crippen molar-refractivity contribution in [2.24, 2.45) is 0 Å². The molecule has 0 radical (unpaired) electrons. The van der Waals surface area contributed by atoms with E-state index in [1.807, 2.05) is 30.3 Å². The zero-order chi connectivity index (χ0) is 18.6. The Morgan fingerprint density at radius 1 is 0.923 bits per heavy atom. The minimum Gasteiger partial charge on any atom is -0.348 e. The number of piperidine rings is 1. The van der Waals surface area contributed by atoms with Crippen LogP contribution in [0, 0.1) is 0 Å². The quantitative estimate of drug-likeness (QED) is 0.910. The predicted molar refractivity (Wildman–Crippen MR) is 94.1 cm³/mol. The van der Waals surface area contributed by atoms with E-state index in [2.05, 4.69) is 5.32 Å². The van der Waals surface area contributed by atoms with E-state index in [1.165, 1.54) is 4.90 Å². The summed E-state index contributed by atoms with van der Waals surface area (Å²) in [6.07, 6.45) is -0.614. The van der Waals surface area contributed by atoms with E-state index in [0.29, 0.717) is 17.7 Å². The Labute approximate surface area is 150 Å². The first-order valence-corrected chi connectivity index (χ1v) is 8.54. The Morgan fingerprint density at radius 2 is 1.50 bits per heavy atom. The van der Waals surface area contributed by atoms with Crippen LogP contribution in [0.3, 0.4) is 0 Å². The van der Waals surface area contributed by atoms with Gasteiger partial charge in [0.2, 0.25) is 0 Å². The molecule has 136 valence electrons. The van der Waals surface area contributed by atoms with Crippen LogP contribution in [0.1, 0.15) is 39.1 Å². The van der Waals surface area contributed by atoms with Crippen molar-refractivity contribution in [1.29, 1.82) is 0 Å². The van der Waals surface area contributed by atoms with Crippen molar-refractivity contribution < 1.29 is 18.4 Å². The Morgan fingerprint density at radius 3 is 2.12 bits per heavy atom. The number of carbonyl (C=O) groups is 2. The number of amides is 2. The minimum absolute atomic E-state index is 0.0468. The maximum Gasteiger partial charge on any atom is 0.253 e. The first-order valence-electron chi connectivity index (χ1n) is 8.54. The van der Waals surface area contributed by atoms with Crippen LogP contribution < -0.4 is 5.32 Å². The smallest absolute Gasteiger partial charge is 0.253 e. The molecule has 3 rings (SSSR count). The second kappa shape index (κ2) is 7.64. The van der Waals surface area contributed by atoms with E-state index >= 15 is 0 Å². The minimum atomic E-state index is -2.68. The Balaban J connectivity index is 1.57. The summed E-state index contributed by atoms with van der Waals surface area (Å²) in [5, 5.41) is 2.82. The number of nitrogens with one attached hydrogen (secondary N) is 1. The second-order valence-electron chi connectivity index (χ2n) is 6.39. The summed E-state index contributed by atoms with van der Waals surface area (Å²) in [5.74, 6) is -3.19. The summed E-state index contributed by atoms with van der Waals surface area (Å²) in [5.41, 5.74) is 1.84. The molecule has 2 aromatic carbocycles. The summed E-state index contributed by atoms with van der Waals surface area (Å²) in [4.78, 5) is 26.0. The van der Waals surface area contributed by atoms with Gasteiger partial charge in [0.25, 0.3) is 17.7 Å². The zero-order valence-corrected chi connectivity index (χ0v) is 14.3. The van der Waals surface area contributed by atoms with Gasteiger partial charge in [0.05, 0.1) is 0 Å². The summed E-state index contributed by atoms with van der Waals surface area (Å²) < 4.78 is 26.4. The van der Waals surface area contributed by atoms with Gasteiger partial charge in [-0.1, -0.05) is 30.3 Å². The fraction of sp³-hybridized carbons (Fsp3) is 0.300. The van der Waals surface area contributed by atoms with Crippen LogP contribution in [0.25, 0.3) is 0 Å². The number of benzene rings is 2. The fourth-order valence-electron chi connectivity index (χ4n) is 2.86. The number of nitrogens with zero attached hydrogens (tertiary/aromatic N) is 1. The molecule has 26 heavy (non-hydrogen) atoms. The molecular weight excluding hydrogens is 338 g/mol. The third-order valence-corrected chi connectivity index (χ3v) is 4.47. The van der Waals surface area contributed by atoms with Gasteiger partial charge in [-0.15, -0.1) is 0 Å². The van der Waals surface area contributed by atoms with Gasteiger partial charge in [-0.05, 0) is 29.8 Å². The largest absolute Gasteiger partial charge is 0.348 e. The number of rotatable bonds is 4. The highest BCUT2D eigenvalue weighted by molar-refractivity contribution is 5.97. The van der Waals surface area contributed by atoms with Gasteiger partial charge in [0.15, 0.2) is 0 Å². The van der Waals surface area contributed by atoms with Gasteiger partial charge in [-0.25, -0.2) is 8.78 Å². The lowest BCUT2D eigenvalue weighted by Gasteiger charge is -2.31. The lowest BCUT2D eigenvalue weighted by atomic mass is 10.0. The number of hydrogen-bond donors (Lipinski definition) is 1. The van der Waals surface area contributed by atoms with Gasteiger partial charge in [0.1, 0.15) is 0 Å². The van der Waals surface area contributed by atoms with Crippen molar-refractivity contribution in [2.45, 2.75) is 25.3 Å². The highest BCUT2D eigenvalue weighted by Crippen LogP contribution is 2.28. The van der Waals surface area contributed by atoms with Crippen LogP contribution in [0.4, 0.5) is 8.78 Å². The third kappa shape index (κ3) is 4.45. The summed E-state index contributed by atoms with van der Waals surface area (Å²) in [7, 11) is 0. The van der Waals surface area contributed by atoms with Gasteiger partial charge < -0.3 is 10.2 Å². The predicted octanol–water partition coefficient (Wildman–Crippen LogP) is 3.49. The maximum atomic E-state index is 13.2. The summed E-state index contributed by atoms with van der Waals surface area (Å²) >= 11 is 0. The van der Waals surface area contributed by atoms with Crippen LogP contribution in [-0.4, -0.2) is 35.7 Å². The van der Waals surface area contributed by atoms with Crippen molar-refractivity contribution >= 4 is 11.8 Å². The lowest BCUT2D eigenvalue weighted by Crippen LogP contribution is -2.42. The topological polar surface area (TPSA) is 49.4 Å². The average molecular weight is 358 g/mol. The lowest BCUT2D eigenvalue weighted by molar-refractivity contribution is -0.0494. The van der Waals surface area contributed by atoms with Crippen LogP contribution in [-0.2, 0) is 6.54 Å². The van der Waals surface area contributed by atoms with Crippen molar-refractivity contribution in [3.05, 3.63) is 71.3 Å². The first kappa shape index (κ1) is 18.0. The molecule has 1 N–H and O–H groups in total. The molecule has 0 unspecified atom stereocenters. The van der Waals surface area contributed by atoms with Crippen molar-refractivity contribution in [2.75, 3.05) is 13.1 Å². The van der Waals surface area contributed by atoms with E-state index < -0.39 is 5.92 Å². The molecule has 2 amide bonds. The van der Waals surface area contributed by atoms with E-state index in [9.17, 15) is 18.4 Å². The monoisotopic (exact) mass is 358 g/mol. The molecule has 1 aliphatic heterocycles. The van der Waals surface area contributed by atoms with Crippen molar-refractivity contribution in [3.8, 4) is 0 Å². The van der Waals surface area contributed by atoms with Crippen LogP contribution >= 0.6 is 0 Å². The first-order chi connectivity index (χ1) is 12.4. The number of carbonyl (C=O) groups excluding carboxylic acids is 2. The van der Waals surface area contributed by atoms with Crippen molar-refractivity contribution in [3.63, 3.8) is 0 Å². The van der Waals surface area contributed by atoms with Crippen molar-refractivity contribution in [1.82, 2.24) is 10.2 Å². The van der Waals surface area contributed by atoms with E-state index in [0.717, 1.165) is 5.56 Å². The molecule has 0 spiro atoms. The molecule has 0 bridgehead atoms. The highest BCUT2D eigenvalue weighted by atomic mass is 19.3. The van der Waals surface area contributed by atoms with E-state index in [-0.39, 0.29) is 37.7 Å². The number of halogens is 2. The molecule has 0 aromatic heterocycles. The number of alkyl halides is 2. The zero-order valence-electron chi connectivity index (χ0n) is 14.3. The van der Waals surface area contributed by atoms with Crippen LogP contribution in [0.2, 0.25) is 0 Å². The van der Waals surface area contributed by atoms with Gasteiger partial charge in [-0.2, -0.15) is 0 Å². The number of hydrogen-bond acceptors (Lipinski definition) is 2. The normalized spacial score (nSPS) is 16.2. The Kier molecular flexibility index (Phi) is 5.30. The molecule has 0 saturated carbocycles. The van der Waals surface area contributed by atoms with E-state index in [1.54, 1.807) is 24.3 Å².